The molecule has 1 fully saturated rings. The van der Waals surface area contributed by atoms with Crippen LogP contribution >= 0.6 is 11.6 Å². The summed E-state index contributed by atoms with van der Waals surface area (Å²) in [7, 11) is 0. The summed E-state index contributed by atoms with van der Waals surface area (Å²) < 4.78 is 40.4. The summed E-state index contributed by atoms with van der Waals surface area (Å²) in [5, 5.41) is 0. The molecule has 0 spiro atoms. The standard InChI is InChI=1S/C15H16ClF3N2/c1-9-2-4-11(6-9)21-13-5-3-10(15(17,18)19)7-12(13)20-14(21)8-16/h3,5,7,9,11H,2,4,6,8H2,1H3. The average Bonchev–Trinajstić information content (AvgIpc) is 2.99. The summed E-state index contributed by atoms with van der Waals surface area (Å²) in [5.74, 6) is 1.50. The lowest BCUT2D eigenvalue weighted by Crippen LogP contribution is -2.09. The highest BCUT2D eigenvalue weighted by atomic mass is 35.5. The predicted molar refractivity (Wildman–Crippen MR) is 76.3 cm³/mol. The van der Waals surface area contributed by atoms with Gasteiger partial charge in [0.25, 0.3) is 0 Å². The van der Waals surface area contributed by atoms with Gasteiger partial charge in [0.15, 0.2) is 0 Å². The Morgan fingerprint density at radius 1 is 1.33 bits per heavy atom. The van der Waals surface area contributed by atoms with Crippen LogP contribution < -0.4 is 0 Å². The Morgan fingerprint density at radius 3 is 2.67 bits per heavy atom. The molecule has 0 saturated heterocycles. The first-order chi connectivity index (χ1) is 9.90. The van der Waals surface area contributed by atoms with Crippen molar-refractivity contribution in [2.45, 2.75) is 44.3 Å². The molecule has 1 saturated carbocycles. The first-order valence-corrected chi connectivity index (χ1v) is 7.57. The summed E-state index contributed by atoms with van der Waals surface area (Å²) in [5.41, 5.74) is 0.457. The maximum Gasteiger partial charge on any atom is 0.416 e. The third-order valence-corrected chi connectivity index (χ3v) is 4.48. The van der Waals surface area contributed by atoms with E-state index in [1.807, 2.05) is 4.57 Å². The highest BCUT2D eigenvalue weighted by Crippen LogP contribution is 2.38. The lowest BCUT2D eigenvalue weighted by molar-refractivity contribution is -0.137. The smallest absolute Gasteiger partial charge is 0.324 e. The summed E-state index contributed by atoms with van der Waals surface area (Å²) in [4.78, 5) is 4.31. The molecule has 0 bridgehead atoms. The summed E-state index contributed by atoms with van der Waals surface area (Å²) >= 11 is 5.94. The van der Waals surface area contributed by atoms with Crippen molar-refractivity contribution in [3.8, 4) is 0 Å². The van der Waals surface area contributed by atoms with Gasteiger partial charge in [0.05, 0.1) is 22.5 Å². The Hall–Kier alpha value is -1.23. The molecule has 2 nitrogen and oxygen atoms in total. The number of halogens is 4. The Bertz CT molecular complexity index is 663. The van der Waals surface area contributed by atoms with Gasteiger partial charge in [-0.1, -0.05) is 6.92 Å². The van der Waals surface area contributed by atoms with Gasteiger partial charge < -0.3 is 4.57 Å². The molecular formula is C15H16ClF3N2. The molecule has 1 aliphatic rings. The molecule has 2 unspecified atom stereocenters. The normalized spacial score (nSPS) is 23.1. The zero-order valence-electron chi connectivity index (χ0n) is 11.6. The van der Waals surface area contributed by atoms with Gasteiger partial charge in [-0.3, -0.25) is 0 Å². The van der Waals surface area contributed by atoms with Crippen molar-refractivity contribution in [1.82, 2.24) is 9.55 Å². The van der Waals surface area contributed by atoms with Crippen molar-refractivity contribution < 1.29 is 13.2 Å². The molecule has 1 heterocycles. The molecule has 0 aliphatic heterocycles. The van der Waals surface area contributed by atoms with Gasteiger partial charge in [0.2, 0.25) is 0 Å². The Labute approximate surface area is 125 Å². The number of rotatable bonds is 2. The van der Waals surface area contributed by atoms with Gasteiger partial charge in [0.1, 0.15) is 5.82 Å². The maximum atomic E-state index is 12.8. The van der Waals surface area contributed by atoms with Crippen LogP contribution in [0.2, 0.25) is 0 Å². The van der Waals surface area contributed by atoms with Crippen LogP contribution in [0.3, 0.4) is 0 Å². The Balaban J connectivity index is 2.11. The van der Waals surface area contributed by atoms with Crippen LogP contribution in [0, 0.1) is 5.92 Å². The van der Waals surface area contributed by atoms with E-state index in [-0.39, 0.29) is 11.9 Å². The van der Waals surface area contributed by atoms with Gasteiger partial charge in [-0.15, -0.1) is 11.6 Å². The molecule has 2 atom stereocenters. The summed E-state index contributed by atoms with van der Waals surface area (Å²) in [6, 6.07) is 4.04. The molecule has 0 amide bonds. The van der Waals surface area contributed by atoms with Gasteiger partial charge >= 0.3 is 6.18 Å². The van der Waals surface area contributed by atoms with Crippen molar-refractivity contribution in [3.05, 3.63) is 29.6 Å². The van der Waals surface area contributed by atoms with Crippen LogP contribution in [0.25, 0.3) is 11.0 Å². The zero-order chi connectivity index (χ0) is 15.2. The second-order valence-corrected chi connectivity index (χ2v) is 6.07. The highest BCUT2D eigenvalue weighted by Gasteiger charge is 2.32. The fourth-order valence-electron chi connectivity index (χ4n) is 3.24. The van der Waals surface area contributed by atoms with Gasteiger partial charge in [0, 0.05) is 6.04 Å². The molecule has 114 valence electrons. The predicted octanol–water partition coefficient (Wildman–Crippen LogP) is 5.16. The van der Waals surface area contributed by atoms with E-state index in [1.54, 1.807) is 0 Å². The van der Waals surface area contributed by atoms with E-state index >= 15 is 0 Å². The van der Waals surface area contributed by atoms with Crippen LogP contribution in [0.15, 0.2) is 18.2 Å². The number of imidazole rings is 1. The second kappa shape index (κ2) is 5.20. The third-order valence-electron chi connectivity index (χ3n) is 4.24. The fraction of sp³-hybridized carbons (Fsp3) is 0.533. The lowest BCUT2D eigenvalue weighted by atomic mass is 10.1. The van der Waals surface area contributed by atoms with Crippen molar-refractivity contribution in [1.29, 1.82) is 0 Å². The molecule has 3 rings (SSSR count). The number of benzene rings is 1. The van der Waals surface area contributed by atoms with Crippen LogP contribution in [0.5, 0.6) is 0 Å². The monoisotopic (exact) mass is 316 g/mol. The molecule has 0 radical (unpaired) electrons. The van der Waals surface area contributed by atoms with Gasteiger partial charge in [-0.05, 0) is 43.4 Å². The quantitative estimate of drug-likeness (QED) is 0.700. The maximum absolute atomic E-state index is 12.8. The van der Waals surface area contributed by atoms with Crippen molar-refractivity contribution in [2.75, 3.05) is 0 Å². The Morgan fingerprint density at radius 2 is 2.10 bits per heavy atom. The summed E-state index contributed by atoms with van der Waals surface area (Å²) in [6.07, 6.45) is -1.17. The molecular weight excluding hydrogens is 301 g/mol. The molecule has 1 aromatic heterocycles. The number of alkyl halides is 4. The van der Waals surface area contributed by atoms with Crippen molar-refractivity contribution >= 4 is 22.6 Å². The molecule has 6 heteroatoms. The highest BCUT2D eigenvalue weighted by molar-refractivity contribution is 6.16. The number of fused-ring (bicyclic) bond motifs is 1. The van der Waals surface area contributed by atoms with Crippen molar-refractivity contribution in [2.24, 2.45) is 5.92 Å². The molecule has 1 aliphatic carbocycles. The largest absolute Gasteiger partial charge is 0.416 e. The number of hydrogen-bond acceptors (Lipinski definition) is 1. The van der Waals surface area contributed by atoms with E-state index in [0.29, 0.717) is 17.3 Å². The van der Waals surface area contributed by atoms with Gasteiger partial charge in [-0.25, -0.2) is 4.98 Å². The van der Waals surface area contributed by atoms with Crippen LogP contribution in [0.4, 0.5) is 13.2 Å². The minimum absolute atomic E-state index is 0.209. The molecule has 2 aromatic rings. The molecule has 21 heavy (non-hydrogen) atoms. The zero-order valence-corrected chi connectivity index (χ0v) is 12.4. The van der Waals surface area contributed by atoms with E-state index in [2.05, 4.69) is 11.9 Å². The number of nitrogens with zero attached hydrogens (tertiary/aromatic N) is 2. The van der Waals surface area contributed by atoms with Crippen LogP contribution in [-0.2, 0) is 12.1 Å². The lowest BCUT2D eigenvalue weighted by Gasteiger charge is -2.16. The van der Waals surface area contributed by atoms with Crippen LogP contribution in [0.1, 0.15) is 43.6 Å². The van der Waals surface area contributed by atoms with E-state index in [0.717, 1.165) is 36.9 Å². The minimum atomic E-state index is -4.35. The molecule has 0 N–H and O–H groups in total. The van der Waals surface area contributed by atoms with Crippen LogP contribution in [-0.4, -0.2) is 9.55 Å². The Kier molecular flexibility index (Phi) is 3.64. The topological polar surface area (TPSA) is 17.8 Å². The van der Waals surface area contributed by atoms with E-state index < -0.39 is 11.7 Å². The van der Waals surface area contributed by atoms with E-state index in [4.69, 9.17) is 11.6 Å². The minimum Gasteiger partial charge on any atom is -0.324 e. The number of hydrogen-bond donors (Lipinski definition) is 0. The van der Waals surface area contributed by atoms with E-state index in [1.165, 1.54) is 6.07 Å². The number of aromatic nitrogens is 2. The molecule has 1 aromatic carbocycles. The van der Waals surface area contributed by atoms with Crippen molar-refractivity contribution in [3.63, 3.8) is 0 Å². The average molecular weight is 317 g/mol. The first-order valence-electron chi connectivity index (χ1n) is 7.04. The fourth-order valence-corrected chi connectivity index (χ4v) is 3.43. The van der Waals surface area contributed by atoms with Gasteiger partial charge in [-0.2, -0.15) is 13.2 Å². The van der Waals surface area contributed by atoms with E-state index in [9.17, 15) is 13.2 Å². The third kappa shape index (κ3) is 2.63. The second-order valence-electron chi connectivity index (χ2n) is 5.80. The first kappa shape index (κ1) is 14.7. The SMILES string of the molecule is CC1CCC(n2c(CCl)nc3cc(C(F)(F)F)ccc32)C1. The summed E-state index contributed by atoms with van der Waals surface area (Å²) in [6.45, 7) is 2.20.